The normalized spacial score (nSPS) is 12.4. The molecule has 100 valence electrons. The molecule has 0 saturated carbocycles. The van der Waals surface area contributed by atoms with Crippen molar-refractivity contribution in [1.82, 2.24) is 0 Å². The predicted molar refractivity (Wildman–Crippen MR) is 87.1 cm³/mol. The Labute approximate surface area is 121 Å². The molecule has 20 heavy (non-hydrogen) atoms. The lowest BCUT2D eigenvalue weighted by Crippen LogP contribution is -2.02. The van der Waals surface area contributed by atoms with Crippen LogP contribution >= 0.6 is 0 Å². The summed E-state index contributed by atoms with van der Waals surface area (Å²) in [6.07, 6.45) is 2.29. The lowest BCUT2D eigenvalue weighted by Gasteiger charge is -2.17. The lowest BCUT2D eigenvalue weighted by molar-refractivity contribution is 0.663. The number of benzene rings is 3. The number of rotatable bonds is 4. The second-order valence-electron chi connectivity index (χ2n) is 5.36. The Morgan fingerprint density at radius 2 is 1.45 bits per heavy atom. The van der Waals surface area contributed by atoms with Gasteiger partial charge in [-0.05, 0) is 40.7 Å². The molecule has 0 aromatic heterocycles. The Bertz CT molecular complexity index is 677. The summed E-state index contributed by atoms with van der Waals surface area (Å²) >= 11 is 0. The SMILES string of the molecule is CCC(Cc1cccc2ccccc12)c1ccccc1. The van der Waals surface area contributed by atoms with E-state index in [-0.39, 0.29) is 0 Å². The fraction of sp³-hybridized carbons (Fsp3) is 0.200. The maximum Gasteiger partial charge on any atom is -0.0124 e. The average Bonchev–Trinajstić information content (AvgIpc) is 2.53. The van der Waals surface area contributed by atoms with Crippen LogP contribution in [0.4, 0.5) is 0 Å². The van der Waals surface area contributed by atoms with Gasteiger partial charge in [0.1, 0.15) is 0 Å². The van der Waals surface area contributed by atoms with E-state index in [0.717, 1.165) is 6.42 Å². The zero-order valence-corrected chi connectivity index (χ0v) is 11.9. The van der Waals surface area contributed by atoms with E-state index in [4.69, 9.17) is 0 Å². The highest BCUT2D eigenvalue weighted by Gasteiger charge is 2.11. The summed E-state index contributed by atoms with van der Waals surface area (Å²) in [5.41, 5.74) is 2.90. The molecule has 0 amide bonds. The van der Waals surface area contributed by atoms with Crippen LogP contribution in [-0.2, 0) is 6.42 Å². The molecule has 0 bridgehead atoms. The van der Waals surface area contributed by atoms with Gasteiger partial charge < -0.3 is 0 Å². The molecule has 1 atom stereocenters. The molecule has 0 fully saturated rings. The molecule has 0 spiro atoms. The minimum Gasteiger partial charge on any atom is -0.0648 e. The van der Waals surface area contributed by atoms with Crippen LogP contribution in [0.5, 0.6) is 0 Å². The van der Waals surface area contributed by atoms with E-state index >= 15 is 0 Å². The third-order valence-electron chi connectivity index (χ3n) is 4.11. The van der Waals surface area contributed by atoms with Crippen molar-refractivity contribution in [2.75, 3.05) is 0 Å². The molecule has 0 aliphatic rings. The standard InChI is InChI=1S/C20H20/c1-2-16(17-9-4-3-5-10-17)15-19-13-8-12-18-11-6-7-14-20(18)19/h3-14,16H,2,15H2,1H3. The molecule has 0 aliphatic heterocycles. The molecular weight excluding hydrogens is 240 g/mol. The van der Waals surface area contributed by atoms with Crippen molar-refractivity contribution in [2.24, 2.45) is 0 Å². The lowest BCUT2D eigenvalue weighted by atomic mass is 9.88. The second kappa shape index (κ2) is 5.92. The molecular formula is C20H20. The molecule has 0 heterocycles. The smallest absolute Gasteiger partial charge is 0.0124 e. The Balaban J connectivity index is 1.96. The van der Waals surface area contributed by atoms with Crippen LogP contribution in [0.2, 0.25) is 0 Å². The first-order chi connectivity index (χ1) is 9.88. The van der Waals surface area contributed by atoms with Crippen LogP contribution < -0.4 is 0 Å². The monoisotopic (exact) mass is 260 g/mol. The highest BCUT2D eigenvalue weighted by Crippen LogP contribution is 2.27. The Morgan fingerprint density at radius 3 is 2.25 bits per heavy atom. The van der Waals surface area contributed by atoms with Crippen molar-refractivity contribution in [3.63, 3.8) is 0 Å². The van der Waals surface area contributed by atoms with Gasteiger partial charge in [-0.15, -0.1) is 0 Å². The van der Waals surface area contributed by atoms with Gasteiger partial charge in [-0.25, -0.2) is 0 Å². The van der Waals surface area contributed by atoms with Crippen LogP contribution in [0, 0.1) is 0 Å². The van der Waals surface area contributed by atoms with E-state index in [2.05, 4.69) is 79.7 Å². The highest BCUT2D eigenvalue weighted by atomic mass is 14.2. The van der Waals surface area contributed by atoms with E-state index in [1.54, 1.807) is 0 Å². The van der Waals surface area contributed by atoms with Crippen LogP contribution in [0.1, 0.15) is 30.4 Å². The fourth-order valence-corrected chi connectivity index (χ4v) is 2.96. The van der Waals surface area contributed by atoms with E-state index < -0.39 is 0 Å². The third-order valence-corrected chi connectivity index (χ3v) is 4.11. The van der Waals surface area contributed by atoms with Crippen molar-refractivity contribution in [2.45, 2.75) is 25.7 Å². The van der Waals surface area contributed by atoms with E-state index in [9.17, 15) is 0 Å². The predicted octanol–water partition coefficient (Wildman–Crippen LogP) is 5.58. The van der Waals surface area contributed by atoms with Crippen LogP contribution in [0.3, 0.4) is 0 Å². The minimum atomic E-state index is 0.599. The van der Waals surface area contributed by atoms with E-state index in [0.29, 0.717) is 5.92 Å². The quantitative estimate of drug-likeness (QED) is 0.574. The molecule has 3 rings (SSSR count). The maximum absolute atomic E-state index is 2.28. The Morgan fingerprint density at radius 1 is 0.750 bits per heavy atom. The minimum absolute atomic E-state index is 0.599. The molecule has 1 unspecified atom stereocenters. The summed E-state index contributed by atoms with van der Waals surface area (Å²) in [7, 11) is 0. The topological polar surface area (TPSA) is 0 Å². The Hall–Kier alpha value is -2.08. The summed E-state index contributed by atoms with van der Waals surface area (Å²) in [5, 5.41) is 2.73. The zero-order valence-electron chi connectivity index (χ0n) is 11.9. The van der Waals surface area contributed by atoms with Crippen molar-refractivity contribution >= 4 is 10.8 Å². The van der Waals surface area contributed by atoms with Gasteiger partial charge >= 0.3 is 0 Å². The van der Waals surface area contributed by atoms with Gasteiger partial charge in [-0.2, -0.15) is 0 Å². The molecule has 0 heteroatoms. The average molecular weight is 260 g/mol. The van der Waals surface area contributed by atoms with E-state index in [1.807, 2.05) is 0 Å². The van der Waals surface area contributed by atoms with Crippen LogP contribution in [0.25, 0.3) is 10.8 Å². The molecule has 0 nitrogen and oxygen atoms in total. The van der Waals surface area contributed by atoms with Gasteiger partial charge in [0.15, 0.2) is 0 Å². The summed E-state index contributed by atoms with van der Waals surface area (Å²) in [4.78, 5) is 0. The van der Waals surface area contributed by atoms with Gasteiger partial charge in [-0.1, -0.05) is 79.7 Å². The summed E-state index contributed by atoms with van der Waals surface area (Å²) in [6, 6.07) is 26.2. The first-order valence-corrected chi connectivity index (χ1v) is 7.40. The summed E-state index contributed by atoms with van der Waals surface area (Å²) in [6.45, 7) is 2.28. The third kappa shape index (κ3) is 2.60. The van der Waals surface area contributed by atoms with Gasteiger partial charge in [0.2, 0.25) is 0 Å². The van der Waals surface area contributed by atoms with Crippen molar-refractivity contribution in [3.05, 3.63) is 83.9 Å². The molecule has 0 aliphatic carbocycles. The maximum atomic E-state index is 2.28. The second-order valence-corrected chi connectivity index (χ2v) is 5.36. The van der Waals surface area contributed by atoms with Crippen LogP contribution in [-0.4, -0.2) is 0 Å². The number of hydrogen-bond acceptors (Lipinski definition) is 0. The Kier molecular flexibility index (Phi) is 3.83. The first-order valence-electron chi connectivity index (χ1n) is 7.40. The zero-order chi connectivity index (χ0) is 13.8. The van der Waals surface area contributed by atoms with Crippen molar-refractivity contribution in [1.29, 1.82) is 0 Å². The van der Waals surface area contributed by atoms with Crippen LogP contribution in [0.15, 0.2) is 72.8 Å². The summed E-state index contributed by atoms with van der Waals surface area (Å²) < 4.78 is 0. The molecule has 0 N–H and O–H groups in total. The molecule has 0 saturated heterocycles. The van der Waals surface area contributed by atoms with Gasteiger partial charge in [-0.3, -0.25) is 0 Å². The molecule has 3 aromatic carbocycles. The van der Waals surface area contributed by atoms with E-state index in [1.165, 1.54) is 28.3 Å². The summed E-state index contributed by atoms with van der Waals surface area (Å²) in [5.74, 6) is 0.599. The number of fused-ring (bicyclic) bond motifs is 1. The molecule has 3 aromatic rings. The fourth-order valence-electron chi connectivity index (χ4n) is 2.96. The van der Waals surface area contributed by atoms with Gasteiger partial charge in [0.25, 0.3) is 0 Å². The van der Waals surface area contributed by atoms with Crippen molar-refractivity contribution < 1.29 is 0 Å². The number of hydrogen-bond donors (Lipinski definition) is 0. The first kappa shape index (κ1) is 12.9. The van der Waals surface area contributed by atoms with Gasteiger partial charge in [0, 0.05) is 0 Å². The van der Waals surface area contributed by atoms with Crippen molar-refractivity contribution in [3.8, 4) is 0 Å². The highest BCUT2D eigenvalue weighted by molar-refractivity contribution is 5.85. The molecule has 0 radical (unpaired) electrons. The van der Waals surface area contributed by atoms with Gasteiger partial charge in [0.05, 0.1) is 0 Å². The largest absolute Gasteiger partial charge is 0.0648 e.